The molecule has 0 bridgehead atoms. The minimum absolute atomic E-state index is 0.0112. The number of aromatic hydroxyl groups is 1. The lowest BCUT2D eigenvalue weighted by atomic mass is 10.2. The first-order valence-electron chi connectivity index (χ1n) is 7.91. The Balaban J connectivity index is 1.88. The van der Waals surface area contributed by atoms with Gasteiger partial charge in [-0.05, 0) is 64.8 Å². The summed E-state index contributed by atoms with van der Waals surface area (Å²) in [5.41, 5.74) is 3.31. The normalized spacial score (nSPS) is 10.6. The molecule has 0 saturated heterocycles. The highest BCUT2D eigenvalue weighted by Gasteiger charge is 2.09. The van der Waals surface area contributed by atoms with Crippen LogP contribution < -0.4 is 15.5 Å². The average molecular weight is 455 g/mol. The fourth-order valence-corrected chi connectivity index (χ4v) is 2.60. The molecule has 0 aliphatic rings. The lowest BCUT2D eigenvalue weighted by Crippen LogP contribution is -2.34. The van der Waals surface area contributed by atoms with Crippen LogP contribution in [-0.4, -0.2) is 36.3 Å². The van der Waals surface area contributed by atoms with Gasteiger partial charge >= 0.3 is 0 Å². The fraction of sp³-hybridized carbons (Fsp3) is 0.167. The molecule has 3 N–H and O–H groups in total. The first kappa shape index (κ1) is 20.7. The van der Waals surface area contributed by atoms with Gasteiger partial charge in [0.2, 0.25) is 0 Å². The standard InChI is InChI=1S/C18H17BrClN3O4/c1-2-27-15-8-11(7-14(19)17(15)25)9-22-23-16(24)10-21-18(26)12-3-5-13(20)6-4-12/h3-9,25H,2,10H2,1H3,(H,21,26)(H,23,24). The van der Waals surface area contributed by atoms with Crippen LogP contribution in [0.15, 0.2) is 46.0 Å². The molecule has 0 aliphatic heterocycles. The number of carbonyl (C=O) groups excluding carboxylic acids is 2. The number of ether oxygens (including phenoxy) is 1. The van der Waals surface area contributed by atoms with Crippen molar-refractivity contribution < 1.29 is 19.4 Å². The van der Waals surface area contributed by atoms with Crippen molar-refractivity contribution in [2.24, 2.45) is 5.10 Å². The van der Waals surface area contributed by atoms with Gasteiger partial charge in [-0.1, -0.05) is 11.6 Å². The van der Waals surface area contributed by atoms with E-state index in [0.29, 0.717) is 33.0 Å². The number of benzene rings is 2. The predicted molar refractivity (Wildman–Crippen MR) is 106 cm³/mol. The molecule has 2 aromatic carbocycles. The monoisotopic (exact) mass is 453 g/mol. The van der Waals surface area contributed by atoms with E-state index in [1.54, 1.807) is 43.3 Å². The summed E-state index contributed by atoms with van der Waals surface area (Å²) >= 11 is 8.98. The second kappa shape index (κ2) is 9.94. The first-order valence-corrected chi connectivity index (χ1v) is 9.08. The number of hydrogen-bond donors (Lipinski definition) is 3. The van der Waals surface area contributed by atoms with Gasteiger partial charge in [0.1, 0.15) is 0 Å². The molecule has 142 valence electrons. The Labute approximate surface area is 169 Å². The third-order valence-corrected chi connectivity index (χ3v) is 4.13. The van der Waals surface area contributed by atoms with Gasteiger partial charge in [-0.15, -0.1) is 0 Å². The fourth-order valence-electron chi connectivity index (χ4n) is 2.02. The van der Waals surface area contributed by atoms with E-state index in [0.717, 1.165) is 0 Å². The van der Waals surface area contributed by atoms with Crippen LogP contribution in [0.5, 0.6) is 11.5 Å². The Morgan fingerprint density at radius 2 is 2.00 bits per heavy atom. The molecular weight excluding hydrogens is 438 g/mol. The molecule has 0 heterocycles. The van der Waals surface area contributed by atoms with Crippen molar-refractivity contribution in [3.63, 3.8) is 0 Å². The van der Waals surface area contributed by atoms with Gasteiger partial charge in [0.15, 0.2) is 11.5 Å². The molecule has 27 heavy (non-hydrogen) atoms. The number of amides is 2. The van der Waals surface area contributed by atoms with Crippen LogP contribution in [0.4, 0.5) is 0 Å². The van der Waals surface area contributed by atoms with Crippen LogP contribution in [-0.2, 0) is 4.79 Å². The zero-order chi connectivity index (χ0) is 19.8. The summed E-state index contributed by atoms with van der Waals surface area (Å²) in [5, 5.41) is 16.7. The van der Waals surface area contributed by atoms with Gasteiger partial charge in [0.25, 0.3) is 11.8 Å². The van der Waals surface area contributed by atoms with Crippen LogP contribution in [0, 0.1) is 0 Å². The number of rotatable bonds is 7. The lowest BCUT2D eigenvalue weighted by Gasteiger charge is -2.08. The van der Waals surface area contributed by atoms with E-state index in [1.165, 1.54) is 6.21 Å². The number of hydrazone groups is 1. The number of halogens is 2. The SMILES string of the molecule is CCOc1cc(C=NNC(=O)CNC(=O)c2ccc(Cl)cc2)cc(Br)c1O. The van der Waals surface area contributed by atoms with E-state index < -0.39 is 11.8 Å². The summed E-state index contributed by atoms with van der Waals surface area (Å²) in [6.07, 6.45) is 1.39. The minimum atomic E-state index is -0.489. The second-order valence-electron chi connectivity index (χ2n) is 5.27. The first-order chi connectivity index (χ1) is 12.9. The topological polar surface area (TPSA) is 100 Å². The zero-order valence-corrected chi connectivity index (χ0v) is 16.7. The number of phenols is 1. The third-order valence-electron chi connectivity index (χ3n) is 3.27. The molecule has 0 saturated carbocycles. The zero-order valence-electron chi connectivity index (χ0n) is 14.3. The molecule has 0 fully saturated rings. The highest BCUT2D eigenvalue weighted by Crippen LogP contribution is 2.34. The predicted octanol–water partition coefficient (Wildman–Crippen LogP) is 3.09. The minimum Gasteiger partial charge on any atom is -0.503 e. The van der Waals surface area contributed by atoms with Crippen LogP contribution in [0.25, 0.3) is 0 Å². The summed E-state index contributed by atoms with van der Waals surface area (Å²) in [7, 11) is 0. The maximum Gasteiger partial charge on any atom is 0.259 e. The molecule has 9 heteroatoms. The molecule has 0 unspecified atom stereocenters. The quantitative estimate of drug-likeness (QED) is 0.442. The summed E-state index contributed by atoms with van der Waals surface area (Å²) < 4.78 is 5.76. The summed E-state index contributed by atoms with van der Waals surface area (Å²) in [4.78, 5) is 23.7. The van der Waals surface area contributed by atoms with Crippen LogP contribution in [0.3, 0.4) is 0 Å². The van der Waals surface area contributed by atoms with E-state index in [1.807, 2.05) is 0 Å². The molecule has 7 nitrogen and oxygen atoms in total. The molecule has 0 spiro atoms. The van der Waals surface area contributed by atoms with Crippen molar-refractivity contribution in [3.8, 4) is 11.5 Å². The largest absolute Gasteiger partial charge is 0.503 e. The molecular formula is C18H17BrClN3O4. The molecule has 2 aromatic rings. The lowest BCUT2D eigenvalue weighted by molar-refractivity contribution is -0.120. The molecule has 0 aromatic heterocycles. The summed E-state index contributed by atoms with van der Waals surface area (Å²) in [6, 6.07) is 9.51. The summed E-state index contributed by atoms with van der Waals surface area (Å²) in [5.74, 6) is -0.594. The highest BCUT2D eigenvalue weighted by molar-refractivity contribution is 9.10. The summed E-state index contributed by atoms with van der Waals surface area (Å²) in [6.45, 7) is 1.96. The van der Waals surface area contributed by atoms with Crippen molar-refractivity contribution in [1.29, 1.82) is 0 Å². The smallest absolute Gasteiger partial charge is 0.259 e. The van der Waals surface area contributed by atoms with Crippen molar-refractivity contribution in [2.45, 2.75) is 6.92 Å². The Kier molecular flexibility index (Phi) is 7.63. The van der Waals surface area contributed by atoms with E-state index in [4.69, 9.17) is 16.3 Å². The van der Waals surface area contributed by atoms with E-state index >= 15 is 0 Å². The molecule has 0 radical (unpaired) electrons. The Bertz CT molecular complexity index is 856. The molecule has 2 amide bonds. The van der Waals surface area contributed by atoms with Crippen LogP contribution in [0.2, 0.25) is 5.02 Å². The average Bonchev–Trinajstić information content (AvgIpc) is 2.64. The van der Waals surface area contributed by atoms with Gasteiger partial charge in [0, 0.05) is 10.6 Å². The van der Waals surface area contributed by atoms with Crippen molar-refractivity contribution >= 4 is 45.6 Å². The molecule has 0 aliphatic carbocycles. The number of hydrogen-bond acceptors (Lipinski definition) is 5. The van der Waals surface area contributed by atoms with Crippen molar-refractivity contribution in [1.82, 2.24) is 10.7 Å². The Morgan fingerprint density at radius 1 is 1.30 bits per heavy atom. The number of phenolic OH excluding ortho intramolecular Hbond substituents is 1. The van der Waals surface area contributed by atoms with Crippen molar-refractivity contribution in [3.05, 3.63) is 57.0 Å². The Morgan fingerprint density at radius 3 is 2.67 bits per heavy atom. The van der Waals surface area contributed by atoms with E-state index in [-0.39, 0.29) is 12.3 Å². The maximum atomic E-state index is 11.9. The highest BCUT2D eigenvalue weighted by atomic mass is 79.9. The second-order valence-corrected chi connectivity index (χ2v) is 6.56. The number of nitrogens with zero attached hydrogens (tertiary/aromatic N) is 1. The van der Waals surface area contributed by atoms with Crippen LogP contribution in [0.1, 0.15) is 22.8 Å². The molecule has 0 atom stereocenters. The third kappa shape index (κ3) is 6.26. The van der Waals surface area contributed by atoms with Gasteiger partial charge < -0.3 is 15.2 Å². The number of nitrogens with one attached hydrogen (secondary N) is 2. The van der Waals surface area contributed by atoms with Crippen LogP contribution >= 0.6 is 27.5 Å². The van der Waals surface area contributed by atoms with Gasteiger partial charge in [0.05, 0.1) is 23.8 Å². The molecule has 2 rings (SSSR count). The number of carbonyl (C=O) groups is 2. The van der Waals surface area contributed by atoms with Gasteiger partial charge in [-0.25, -0.2) is 5.43 Å². The van der Waals surface area contributed by atoms with E-state index in [2.05, 4.69) is 31.8 Å². The van der Waals surface area contributed by atoms with Gasteiger partial charge in [-0.3, -0.25) is 9.59 Å². The van der Waals surface area contributed by atoms with Crippen molar-refractivity contribution in [2.75, 3.05) is 13.2 Å². The van der Waals surface area contributed by atoms with E-state index in [9.17, 15) is 14.7 Å². The Hall–Kier alpha value is -2.58. The van der Waals surface area contributed by atoms with Gasteiger partial charge in [-0.2, -0.15) is 5.10 Å². The maximum absolute atomic E-state index is 11.9.